The van der Waals surface area contributed by atoms with Crippen molar-refractivity contribution in [1.29, 1.82) is 0 Å². The summed E-state index contributed by atoms with van der Waals surface area (Å²) >= 11 is 0. The molecule has 23 heavy (non-hydrogen) atoms. The third kappa shape index (κ3) is 3.22. The number of hydrogen-bond donors (Lipinski definition) is 2. The van der Waals surface area contributed by atoms with Gasteiger partial charge in [-0.05, 0) is 29.1 Å². The quantitative estimate of drug-likeness (QED) is 0.553. The molecule has 0 amide bonds. The first kappa shape index (κ1) is 15.2. The predicted molar refractivity (Wildman–Crippen MR) is 85.4 cm³/mol. The lowest BCUT2D eigenvalue weighted by atomic mass is 10.2. The lowest BCUT2D eigenvalue weighted by molar-refractivity contribution is -0.385. The van der Waals surface area contributed by atoms with Crippen LogP contribution in [0.15, 0.2) is 59.6 Å². The van der Waals surface area contributed by atoms with Crippen LogP contribution in [0.4, 0.5) is 5.69 Å². The molecule has 2 N–H and O–H groups in total. The Bertz CT molecular complexity index is 979. The Morgan fingerprint density at radius 3 is 2.74 bits per heavy atom. The number of fused-ring (bicyclic) bond motifs is 1. The third-order valence-electron chi connectivity index (χ3n) is 3.42. The van der Waals surface area contributed by atoms with Gasteiger partial charge in [0.1, 0.15) is 0 Å². The van der Waals surface area contributed by atoms with Crippen molar-refractivity contribution >= 4 is 26.6 Å². The highest BCUT2D eigenvalue weighted by Gasteiger charge is 2.17. The molecule has 0 saturated carbocycles. The van der Waals surface area contributed by atoms with Crippen molar-refractivity contribution in [3.8, 4) is 0 Å². The van der Waals surface area contributed by atoms with E-state index in [2.05, 4.69) is 9.71 Å². The maximum atomic E-state index is 12.3. The number of nitro groups is 1. The number of aromatic amines is 1. The Morgan fingerprint density at radius 2 is 1.96 bits per heavy atom. The number of hydrogen-bond acceptors (Lipinski definition) is 4. The number of nitro benzene ring substituents is 1. The van der Waals surface area contributed by atoms with Crippen LogP contribution in [0.2, 0.25) is 0 Å². The molecule has 0 aliphatic rings. The highest BCUT2D eigenvalue weighted by Crippen LogP contribution is 2.18. The maximum Gasteiger partial charge on any atom is 0.270 e. The van der Waals surface area contributed by atoms with Crippen LogP contribution < -0.4 is 4.72 Å². The zero-order valence-corrected chi connectivity index (χ0v) is 12.7. The summed E-state index contributed by atoms with van der Waals surface area (Å²) in [4.78, 5) is 13.0. The number of nitrogens with one attached hydrogen (secondary N) is 2. The van der Waals surface area contributed by atoms with Gasteiger partial charge in [-0.25, -0.2) is 13.1 Å². The molecule has 0 spiro atoms. The summed E-state index contributed by atoms with van der Waals surface area (Å²) in [5, 5.41) is 11.8. The molecule has 0 saturated heterocycles. The van der Waals surface area contributed by atoms with E-state index in [1.165, 1.54) is 18.2 Å². The molecular weight excluding hydrogens is 318 g/mol. The number of aromatic nitrogens is 1. The predicted octanol–water partition coefficient (Wildman–Crippen LogP) is 2.55. The minimum atomic E-state index is -3.82. The van der Waals surface area contributed by atoms with Gasteiger partial charge < -0.3 is 4.98 Å². The monoisotopic (exact) mass is 331 g/mol. The number of nitrogens with zero attached hydrogens (tertiary/aromatic N) is 1. The van der Waals surface area contributed by atoms with Crippen molar-refractivity contribution < 1.29 is 13.3 Å². The smallest absolute Gasteiger partial charge is 0.270 e. The van der Waals surface area contributed by atoms with Crippen molar-refractivity contribution in [2.24, 2.45) is 0 Å². The second-order valence-corrected chi connectivity index (χ2v) is 6.75. The molecule has 3 rings (SSSR count). The Hall–Kier alpha value is -2.71. The van der Waals surface area contributed by atoms with Crippen LogP contribution in [-0.2, 0) is 16.6 Å². The van der Waals surface area contributed by atoms with E-state index in [1.54, 1.807) is 0 Å². The van der Waals surface area contributed by atoms with Crippen molar-refractivity contribution in [3.63, 3.8) is 0 Å². The molecule has 7 nitrogen and oxygen atoms in total. The second-order valence-electron chi connectivity index (χ2n) is 4.98. The van der Waals surface area contributed by atoms with Gasteiger partial charge in [-0.1, -0.05) is 18.2 Å². The standard InChI is InChI=1S/C15H13N3O4S/c19-18(20)13-2-1-3-14(9-13)23(21,22)17-10-11-4-5-12-6-7-16-15(12)8-11/h1-9,16-17H,10H2. The van der Waals surface area contributed by atoms with Crippen LogP contribution in [0.5, 0.6) is 0 Å². The fourth-order valence-corrected chi connectivity index (χ4v) is 3.29. The summed E-state index contributed by atoms with van der Waals surface area (Å²) in [6, 6.07) is 12.4. The van der Waals surface area contributed by atoms with E-state index < -0.39 is 14.9 Å². The largest absolute Gasteiger partial charge is 0.361 e. The van der Waals surface area contributed by atoms with E-state index in [1.807, 2.05) is 30.5 Å². The highest BCUT2D eigenvalue weighted by molar-refractivity contribution is 7.89. The van der Waals surface area contributed by atoms with Crippen LogP contribution in [0.1, 0.15) is 5.56 Å². The normalized spacial score (nSPS) is 11.7. The minimum Gasteiger partial charge on any atom is -0.361 e. The summed E-state index contributed by atoms with van der Waals surface area (Å²) < 4.78 is 27.0. The van der Waals surface area contributed by atoms with E-state index in [-0.39, 0.29) is 17.1 Å². The lowest BCUT2D eigenvalue weighted by Crippen LogP contribution is -2.23. The fraction of sp³-hybridized carbons (Fsp3) is 0.0667. The average molecular weight is 331 g/mol. The highest BCUT2D eigenvalue weighted by atomic mass is 32.2. The van der Waals surface area contributed by atoms with Crippen LogP contribution >= 0.6 is 0 Å². The Balaban J connectivity index is 1.80. The van der Waals surface area contributed by atoms with Gasteiger partial charge in [0.25, 0.3) is 5.69 Å². The van der Waals surface area contributed by atoms with Gasteiger partial charge in [0.2, 0.25) is 10.0 Å². The summed E-state index contributed by atoms with van der Waals surface area (Å²) in [5.74, 6) is 0. The molecule has 1 heterocycles. The Kier molecular flexibility index (Phi) is 3.85. The number of rotatable bonds is 5. The Labute approximate surface area is 132 Å². The fourth-order valence-electron chi connectivity index (χ4n) is 2.23. The van der Waals surface area contributed by atoms with E-state index in [4.69, 9.17) is 0 Å². The van der Waals surface area contributed by atoms with Crippen molar-refractivity contribution in [2.45, 2.75) is 11.4 Å². The summed E-state index contributed by atoms with van der Waals surface area (Å²) in [5.41, 5.74) is 1.44. The third-order valence-corrected chi connectivity index (χ3v) is 4.82. The van der Waals surface area contributed by atoms with E-state index in [0.717, 1.165) is 22.5 Å². The molecular formula is C15H13N3O4S. The Morgan fingerprint density at radius 1 is 1.13 bits per heavy atom. The number of sulfonamides is 1. The lowest BCUT2D eigenvalue weighted by Gasteiger charge is -2.07. The molecule has 0 atom stereocenters. The van der Waals surface area contributed by atoms with Gasteiger partial charge in [-0.15, -0.1) is 0 Å². The number of non-ortho nitro benzene ring substituents is 1. The van der Waals surface area contributed by atoms with Crippen LogP contribution in [-0.4, -0.2) is 18.3 Å². The van der Waals surface area contributed by atoms with E-state index in [0.29, 0.717) is 0 Å². The van der Waals surface area contributed by atoms with Crippen molar-refractivity contribution in [1.82, 2.24) is 9.71 Å². The van der Waals surface area contributed by atoms with E-state index >= 15 is 0 Å². The molecule has 0 aliphatic heterocycles. The molecule has 0 unspecified atom stereocenters. The summed E-state index contributed by atoms with van der Waals surface area (Å²) in [6.07, 6.45) is 1.81. The van der Waals surface area contributed by atoms with Crippen LogP contribution in [0.25, 0.3) is 10.9 Å². The maximum absolute atomic E-state index is 12.3. The van der Waals surface area contributed by atoms with Crippen molar-refractivity contribution in [2.75, 3.05) is 0 Å². The van der Waals surface area contributed by atoms with Gasteiger partial charge >= 0.3 is 0 Å². The molecule has 0 radical (unpaired) electrons. The van der Waals surface area contributed by atoms with Crippen molar-refractivity contribution in [3.05, 3.63) is 70.4 Å². The van der Waals surface area contributed by atoms with Crippen LogP contribution in [0, 0.1) is 10.1 Å². The molecule has 1 aromatic heterocycles. The SMILES string of the molecule is O=[N+]([O-])c1cccc(S(=O)(=O)NCc2ccc3cc[nH]c3c2)c1. The molecule has 3 aromatic rings. The van der Waals surface area contributed by atoms with E-state index in [9.17, 15) is 18.5 Å². The average Bonchev–Trinajstić information content (AvgIpc) is 3.01. The second kappa shape index (κ2) is 5.82. The zero-order valence-electron chi connectivity index (χ0n) is 11.9. The van der Waals surface area contributed by atoms with Gasteiger partial charge in [0.05, 0.1) is 9.82 Å². The zero-order chi connectivity index (χ0) is 16.4. The molecule has 2 aromatic carbocycles. The topological polar surface area (TPSA) is 105 Å². The van der Waals surface area contributed by atoms with Gasteiger partial charge in [-0.3, -0.25) is 10.1 Å². The molecule has 118 valence electrons. The number of benzene rings is 2. The molecule has 0 aliphatic carbocycles. The first-order valence-corrected chi connectivity index (χ1v) is 8.24. The summed E-state index contributed by atoms with van der Waals surface area (Å²) in [6.45, 7) is 0.0972. The number of H-pyrrole nitrogens is 1. The minimum absolute atomic E-state index is 0.0972. The van der Waals surface area contributed by atoms with Gasteiger partial charge in [0, 0.05) is 30.4 Å². The van der Waals surface area contributed by atoms with Crippen LogP contribution in [0.3, 0.4) is 0 Å². The molecule has 0 bridgehead atoms. The van der Waals surface area contributed by atoms with Gasteiger partial charge in [-0.2, -0.15) is 0 Å². The first-order chi connectivity index (χ1) is 11.0. The molecule has 0 fully saturated rings. The first-order valence-electron chi connectivity index (χ1n) is 6.76. The summed E-state index contributed by atoms with van der Waals surface area (Å²) in [7, 11) is -3.82. The molecule has 8 heteroatoms. The van der Waals surface area contributed by atoms with Gasteiger partial charge in [0.15, 0.2) is 0 Å².